The van der Waals surface area contributed by atoms with Gasteiger partial charge in [-0.3, -0.25) is 4.90 Å². The highest BCUT2D eigenvalue weighted by molar-refractivity contribution is 4.95. The SMILES string of the molecule is COCC(N)CN1CCn2ccnc2C1. The maximum atomic E-state index is 5.92. The van der Waals surface area contributed by atoms with Gasteiger partial charge in [-0.1, -0.05) is 0 Å². The molecule has 2 heterocycles. The van der Waals surface area contributed by atoms with E-state index in [0.717, 1.165) is 32.0 Å². The Hall–Kier alpha value is -0.910. The molecular weight excluding hydrogens is 192 g/mol. The van der Waals surface area contributed by atoms with Crippen LogP contribution in [-0.4, -0.2) is 47.3 Å². The van der Waals surface area contributed by atoms with Gasteiger partial charge in [0.25, 0.3) is 0 Å². The molecule has 1 aliphatic rings. The Kier molecular flexibility index (Phi) is 3.35. The molecule has 0 aromatic carbocycles. The topological polar surface area (TPSA) is 56.3 Å². The second-order valence-electron chi connectivity index (χ2n) is 3.99. The first-order valence-corrected chi connectivity index (χ1v) is 5.26. The number of hydrogen-bond acceptors (Lipinski definition) is 4. The van der Waals surface area contributed by atoms with Gasteiger partial charge in [-0.15, -0.1) is 0 Å². The maximum Gasteiger partial charge on any atom is 0.122 e. The Balaban J connectivity index is 1.87. The highest BCUT2D eigenvalue weighted by Gasteiger charge is 2.18. The minimum absolute atomic E-state index is 0.0940. The van der Waals surface area contributed by atoms with Gasteiger partial charge in [0.05, 0.1) is 13.2 Å². The van der Waals surface area contributed by atoms with E-state index in [1.807, 2.05) is 12.4 Å². The summed E-state index contributed by atoms with van der Waals surface area (Å²) in [4.78, 5) is 6.63. The molecule has 2 N–H and O–H groups in total. The van der Waals surface area contributed by atoms with Gasteiger partial charge >= 0.3 is 0 Å². The predicted octanol–water partition coefficient (Wildman–Crippen LogP) is -0.328. The molecule has 2 rings (SSSR count). The number of methoxy groups -OCH3 is 1. The van der Waals surface area contributed by atoms with Crippen LogP contribution in [0.3, 0.4) is 0 Å². The molecule has 0 saturated heterocycles. The van der Waals surface area contributed by atoms with E-state index >= 15 is 0 Å². The van der Waals surface area contributed by atoms with Crippen molar-refractivity contribution in [3.05, 3.63) is 18.2 Å². The lowest BCUT2D eigenvalue weighted by molar-refractivity contribution is 0.140. The van der Waals surface area contributed by atoms with E-state index < -0.39 is 0 Å². The first-order chi connectivity index (χ1) is 7.29. The van der Waals surface area contributed by atoms with Crippen LogP contribution in [0, 0.1) is 0 Å². The molecule has 1 unspecified atom stereocenters. The van der Waals surface area contributed by atoms with Crippen molar-refractivity contribution in [3.63, 3.8) is 0 Å². The molecule has 1 atom stereocenters. The zero-order valence-electron chi connectivity index (χ0n) is 9.09. The fourth-order valence-corrected chi connectivity index (χ4v) is 1.98. The van der Waals surface area contributed by atoms with Gasteiger partial charge in [-0.2, -0.15) is 0 Å². The van der Waals surface area contributed by atoms with Crippen LogP contribution in [0.25, 0.3) is 0 Å². The number of fused-ring (bicyclic) bond motifs is 1. The van der Waals surface area contributed by atoms with Crippen LogP contribution >= 0.6 is 0 Å². The number of aromatic nitrogens is 2. The van der Waals surface area contributed by atoms with Gasteiger partial charge in [-0.05, 0) is 0 Å². The third-order valence-electron chi connectivity index (χ3n) is 2.70. The van der Waals surface area contributed by atoms with Crippen molar-refractivity contribution in [2.24, 2.45) is 5.73 Å². The lowest BCUT2D eigenvalue weighted by atomic mass is 10.2. The maximum absolute atomic E-state index is 5.92. The van der Waals surface area contributed by atoms with Crippen LogP contribution in [0.5, 0.6) is 0 Å². The molecule has 0 spiro atoms. The molecule has 0 bridgehead atoms. The molecule has 0 aliphatic carbocycles. The fraction of sp³-hybridized carbons (Fsp3) is 0.700. The monoisotopic (exact) mass is 210 g/mol. The second kappa shape index (κ2) is 4.74. The van der Waals surface area contributed by atoms with Gasteiger partial charge < -0.3 is 15.0 Å². The smallest absolute Gasteiger partial charge is 0.122 e. The quantitative estimate of drug-likeness (QED) is 0.739. The summed E-state index contributed by atoms with van der Waals surface area (Å²) in [7, 11) is 1.68. The van der Waals surface area contributed by atoms with E-state index in [1.165, 1.54) is 0 Å². The van der Waals surface area contributed by atoms with Crippen molar-refractivity contribution in [1.29, 1.82) is 0 Å². The first-order valence-electron chi connectivity index (χ1n) is 5.26. The van der Waals surface area contributed by atoms with Crippen molar-refractivity contribution in [1.82, 2.24) is 14.5 Å². The molecule has 0 amide bonds. The number of hydrogen-bond donors (Lipinski definition) is 1. The highest BCUT2D eigenvalue weighted by Crippen LogP contribution is 2.09. The first kappa shape index (κ1) is 10.6. The Morgan fingerprint density at radius 1 is 1.60 bits per heavy atom. The summed E-state index contributed by atoms with van der Waals surface area (Å²) in [6, 6.07) is 0.0940. The average molecular weight is 210 g/mol. The number of nitrogens with zero attached hydrogens (tertiary/aromatic N) is 3. The summed E-state index contributed by atoms with van der Waals surface area (Å²) in [5, 5.41) is 0. The molecule has 84 valence electrons. The Morgan fingerprint density at radius 2 is 2.47 bits per heavy atom. The molecule has 5 heteroatoms. The summed E-state index contributed by atoms with van der Waals surface area (Å²) >= 11 is 0. The number of rotatable bonds is 4. The zero-order valence-corrected chi connectivity index (χ0v) is 9.09. The minimum atomic E-state index is 0.0940. The molecule has 1 aromatic rings. The average Bonchev–Trinajstić information content (AvgIpc) is 2.65. The highest BCUT2D eigenvalue weighted by atomic mass is 16.5. The van der Waals surface area contributed by atoms with Crippen molar-refractivity contribution in [3.8, 4) is 0 Å². The third kappa shape index (κ3) is 2.56. The fourth-order valence-electron chi connectivity index (χ4n) is 1.98. The van der Waals surface area contributed by atoms with E-state index in [9.17, 15) is 0 Å². The summed E-state index contributed by atoms with van der Waals surface area (Å²) in [5.74, 6) is 1.13. The Bertz CT molecular complexity index is 312. The minimum Gasteiger partial charge on any atom is -0.383 e. The van der Waals surface area contributed by atoms with Gasteiger partial charge in [0.2, 0.25) is 0 Å². The molecule has 0 radical (unpaired) electrons. The van der Waals surface area contributed by atoms with Crippen LogP contribution in [0.1, 0.15) is 5.82 Å². The van der Waals surface area contributed by atoms with Crippen LogP contribution < -0.4 is 5.73 Å². The molecular formula is C10H18N4O. The lowest BCUT2D eigenvalue weighted by Crippen LogP contribution is -2.43. The molecule has 5 nitrogen and oxygen atoms in total. The largest absolute Gasteiger partial charge is 0.383 e. The van der Waals surface area contributed by atoms with Crippen molar-refractivity contribution in [2.45, 2.75) is 19.1 Å². The van der Waals surface area contributed by atoms with E-state index in [1.54, 1.807) is 7.11 Å². The summed E-state index contributed by atoms with van der Waals surface area (Å²) in [6.07, 6.45) is 3.88. The number of imidazole rings is 1. The summed E-state index contributed by atoms with van der Waals surface area (Å²) in [6.45, 7) is 4.44. The van der Waals surface area contributed by atoms with E-state index in [4.69, 9.17) is 10.5 Å². The van der Waals surface area contributed by atoms with Crippen molar-refractivity contribution >= 4 is 0 Å². The Morgan fingerprint density at radius 3 is 3.27 bits per heavy atom. The standard InChI is InChI=1S/C10H18N4O/c1-15-8-9(11)6-13-4-5-14-3-2-12-10(14)7-13/h2-3,9H,4-8,11H2,1H3. The van der Waals surface area contributed by atoms with Crippen LogP contribution in [0.4, 0.5) is 0 Å². The van der Waals surface area contributed by atoms with Crippen LogP contribution in [0.2, 0.25) is 0 Å². The normalized spacial score (nSPS) is 18.8. The summed E-state index contributed by atoms with van der Waals surface area (Å²) in [5.41, 5.74) is 5.92. The van der Waals surface area contributed by atoms with Crippen LogP contribution in [0.15, 0.2) is 12.4 Å². The predicted molar refractivity (Wildman–Crippen MR) is 57.4 cm³/mol. The van der Waals surface area contributed by atoms with E-state index in [-0.39, 0.29) is 6.04 Å². The second-order valence-corrected chi connectivity index (χ2v) is 3.99. The van der Waals surface area contributed by atoms with Gasteiger partial charge in [-0.25, -0.2) is 4.98 Å². The number of ether oxygens (including phenoxy) is 1. The number of nitrogens with two attached hydrogens (primary N) is 1. The lowest BCUT2D eigenvalue weighted by Gasteiger charge is -2.29. The van der Waals surface area contributed by atoms with Crippen molar-refractivity contribution < 1.29 is 4.74 Å². The molecule has 1 aliphatic heterocycles. The third-order valence-corrected chi connectivity index (χ3v) is 2.70. The molecule has 1 aromatic heterocycles. The van der Waals surface area contributed by atoms with Gasteiger partial charge in [0.1, 0.15) is 5.82 Å². The van der Waals surface area contributed by atoms with Gasteiger partial charge in [0.15, 0.2) is 0 Å². The van der Waals surface area contributed by atoms with E-state index in [0.29, 0.717) is 6.61 Å². The summed E-state index contributed by atoms with van der Waals surface area (Å²) < 4.78 is 7.22. The molecule has 15 heavy (non-hydrogen) atoms. The Labute approximate surface area is 89.8 Å². The molecule has 0 saturated carbocycles. The van der Waals surface area contributed by atoms with Crippen molar-refractivity contribution in [2.75, 3.05) is 26.8 Å². The van der Waals surface area contributed by atoms with Crippen LogP contribution in [-0.2, 0) is 17.8 Å². The molecule has 0 fully saturated rings. The zero-order chi connectivity index (χ0) is 10.7. The van der Waals surface area contributed by atoms with Gasteiger partial charge in [0, 0.05) is 45.2 Å². The van der Waals surface area contributed by atoms with E-state index in [2.05, 4.69) is 14.5 Å².